The average molecular weight is 233 g/mol. The first-order valence-electron chi connectivity index (χ1n) is 5.59. The summed E-state index contributed by atoms with van der Waals surface area (Å²) in [5, 5.41) is 6.92. The molecule has 0 amide bonds. The van der Waals surface area contributed by atoms with E-state index in [2.05, 4.69) is 15.5 Å². The molecule has 1 saturated heterocycles. The third-order valence-electron chi connectivity index (χ3n) is 2.85. The first-order chi connectivity index (χ1) is 8.33. The highest BCUT2D eigenvalue weighted by Crippen LogP contribution is 2.25. The van der Waals surface area contributed by atoms with Crippen LogP contribution in [0.2, 0.25) is 0 Å². The first kappa shape index (κ1) is 10.4. The summed E-state index contributed by atoms with van der Waals surface area (Å²) in [7, 11) is 0. The van der Waals surface area contributed by atoms with Gasteiger partial charge in [0.25, 0.3) is 0 Å². The average Bonchev–Trinajstić information content (AvgIpc) is 2.98. The molecule has 1 aromatic carbocycles. The number of rotatable bonds is 2. The van der Waals surface area contributed by atoms with E-state index in [-0.39, 0.29) is 6.04 Å². The molecule has 2 aromatic rings. The third-order valence-corrected chi connectivity index (χ3v) is 2.85. The lowest BCUT2D eigenvalue weighted by Gasteiger charge is -2.01. The van der Waals surface area contributed by atoms with Crippen molar-refractivity contribution in [3.05, 3.63) is 36.2 Å². The highest BCUT2D eigenvalue weighted by molar-refractivity contribution is 5.53. The fourth-order valence-corrected chi connectivity index (χ4v) is 1.96. The van der Waals surface area contributed by atoms with Gasteiger partial charge in [-0.05, 0) is 0 Å². The van der Waals surface area contributed by atoms with E-state index >= 15 is 0 Å². The Morgan fingerprint density at radius 3 is 2.82 bits per heavy atom. The summed E-state index contributed by atoms with van der Waals surface area (Å²) in [6.07, 6.45) is -0.428. The van der Waals surface area contributed by atoms with Crippen LogP contribution in [0.1, 0.15) is 18.4 Å². The van der Waals surface area contributed by atoms with E-state index < -0.39 is 6.17 Å². The van der Waals surface area contributed by atoms with Crippen LogP contribution < -0.4 is 5.32 Å². The third kappa shape index (κ3) is 2.06. The maximum Gasteiger partial charge on any atom is 0.244 e. The van der Waals surface area contributed by atoms with E-state index in [4.69, 9.17) is 4.52 Å². The van der Waals surface area contributed by atoms with Crippen LogP contribution >= 0.6 is 0 Å². The SMILES string of the molecule is F[C@H]1CN[C@H](c2nc(-c3ccccc3)no2)C1. The van der Waals surface area contributed by atoms with Gasteiger partial charge in [-0.15, -0.1) is 0 Å². The molecule has 1 N–H and O–H groups in total. The normalized spacial score (nSPS) is 24.1. The number of nitrogens with one attached hydrogen (secondary N) is 1. The van der Waals surface area contributed by atoms with Gasteiger partial charge in [0.15, 0.2) is 0 Å². The number of nitrogens with zero attached hydrogens (tertiary/aromatic N) is 2. The van der Waals surface area contributed by atoms with Crippen LogP contribution in [-0.2, 0) is 0 Å². The number of halogens is 1. The van der Waals surface area contributed by atoms with Crippen molar-refractivity contribution >= 4 is 0 Å². The molecule has 0 aliphatic carbocycles. The monoisotopic (exact) mass is 233 g/mol. The largest absolute Gasteiger partial charge is 0.337 e. The molecule has 0 radical (unpaired) electrons. The summed E-state index contributed by atoms with van der Waals surface area (Å²) in [6, 6.07) is 9.42. The van der Waals surface area contributed by atoms with E-state index in [9.17, 15) is 4.39 Å². The number of benzene rings is 1. The maximum atomic E-state index is 13.0. The highest BCUT2D eigenvalue weighted by Gasteiger charge is 2.29. The maximum absolute atomic E-state index is 13.0. The lowest BCUT2D eigenvalue weighted by Crippen LogP contribution is -2.14. The van der Waals surface area contributed by atoms with Crippen LogP contribution in [0.15, 0.2) is 34.9 Å². The second-order valence-corrected chi connectivity index (χ2v) is 4.12. The number of hydrogen-bond acceptors (Lipinski definition) is 4. The predicted octanol–water partition coefficient (Wildman–Crippen LogP) is 2.11. The van der Waals surface area contributed by atoms with Crippen molar-refractivity contribution in [2.45, 2.75) is 18.6 Å². The van der Waals surface area contributed by atoms with Crippen molar-refractivity contribution in [1.82, 2.24) is 15.5 Å². The Morgan fingerprint density at radius 1 is 1.29 bits per heavy atom. The van der Waals surface area contributed by atoms with Gasteiger partial charge in [0.05, 0.1) is 6.04 Å². The highest BCUT2D eigenvalue weighted by atomic mass is 19.1. The smallest absolute Gasteiger partial charge is 0.244 e. The molecule has 2 heterocycles. The van der Waals surface area contributed by atoms with Crippen molar-refractivity contribution in [1.29, 1.82) is 0 Å². The van der Waals surface area contributed by atoms with Crippen LogP contribution in [0.5, 0.6) is 0 Å². The van der Waals surface area contributed by atoms with Gasteiger partial charge in [0.1, 0.15) is 6.17 Å². The zero-order valence-electron chi connectivity index (χ0n) is 9.14. The molecular weight excluding hydrogens is 221 g/mol. The lowest BCUT2D eigenvalue weighted by atomic mass is 10.2. The Balaban J connectivity index is 1.84. The van der Waals surface area contributed by atoms with E-state index in [0.29, 0.717) is 24.7 Å². The standard InChI is InChI=1S/C12H12FN3O/c13-9-6-10(14-7-9)12-15-11(16-17-12)8-4-2-1-3-5-8/h1-5,9-10,14H,6-7H2/t9-,10+/m1/s1. The summed E-state index contributed by atoms with van der Waals surface area (Å²) in [4.78, 5) is 4.29. The van der Waals surface area contributed by atoms with Gasteiger partial charge in [0, 0.05) is 18.5 Å². The predicted molar refractivity (Wildman–Crippen MR) is 60.0 cm³/mol. The van der Waals surface area contributed by atoms with Crippen LogP contribution in [0.25, 0.3) is 11.4 Å². The molecule has 0 bridgehead atoms. The van der Waals surface area contributed by atoms with Crippen LogP contribution in [0, 0.1) is 0 Å². The van der Waals surface area contributed by atoms with Crippen molar-refractivity contribution in [2.75, 3.05) is 6.54 Å². The first-order valence-corrected chi connectivity index (χ1v) is 5.59. The topological polar surface area (TPSA) is 51.0 Å². The molecule has 1 aromatic heterocycles. The van der Waals surface area contributed by atoms with E-state index in [1.807, 2.05) is 30.3 Å². The van der Waals surface area contributed by atoms with Gasteiger partial charge in [-0.25, -0.2) is 4.39 Å². The molecule has 1 fully saturated rings. The lowest BCUT2D eigenvalue weighted by molar-refractivity contribution is 0.324. The van der Waals surface area contributed by atoms with Crippen molar-refractivity contribution in [3.63, 3.8) is 0 Å². The Hall–Kier alpha value is -1.75. The van der Waals surface area contributed by atoms with E-state index in [1.54, 1.807) is 0 Å². The minimum Gasteiger partial charge on any atom is -0.337 e. The molecule has 3 rings (SSSR count). The van der Waals surface area contributed by atoms with Gasteiger partial charge in [-0.1, -0.05) is 35.5 Å². The van der Waals surface area contributed by atoms with E-state index in [1.165, 1.54) is 0 Å². The molecule has 1 aliphatic rings. The van der Waals surface area contributed by atoms with Gasteiger partial charge in [-0.3, -0.25) is 0 Å². The number of aromatic nitrogens is 2. The Morgan fingerprint density at radius 2 is 2.12 bits per heavy atom. The van der Waals surface area contributed by atoms with E-state index in [0.717, 1.165) is 5.56 Å². The fraction of sp³-hybridized carbons (Fsp3) is 0.333. The van der Waals surface area contributed by atoms with Crippen LogP contribution in [0.3, 0.4) is 0 Å². The van der Waals surface area contributed by atoms with Crippen molar-refractivity contribution < 1.29 is 8.91 Å². The molecule has 1 aliphatic heterocycles. The molecule has 5 heteroatoms. The molecular formula is C12H12FN3O. The molecule has 2 atom stereocenters. The van der Waals surface area contributed by atoms with Crippen molar-refractivity contribution in [2.24, 2.45) is 0 Å². The van der Waals surface area contributed by atoms with Crippen LogP contribution in [0.4, 0.5) is 4.39 Å². The number of alkyl halides is 1. The zero-order chi connectivity index (χ0) is 11.7. The zero-order valence-corrected chi connectivity index (χ0v) is 9.14. The van der Waals surface area contributed by atoms with Gasteiger partial charge in [0.2, 0.25) is 11.7 Å². The molecule has 0 spiro atoms. The summed E-state index contributed by atoms with van der Waals surface area (Å²) >= 11 is 0. The molecule has 0 saturated carbocycles. The Kier molecular flexibility index (Phi) is 2.60. The fourth-order valence-electron chi connectivity index (χ4n) is 1.96. The summed E-state index contributed by atoms with van der Waals surface area (Å²) in [5.74, 6) is 1.01. The second-order valence-electron chi connectivity index (χ2n) is 4.12. The summed E-state index contributed by atoms with van der Waals surface area (Å²) < 4.78 is 18.2. The van der Waals surface area contributed by atoms with Crippen LogP contribution in [-0.4, -0.2) is 22.9 Å². The molecule has 4 nitrogen and oxygen atoms in total. The van der Waals surface area contributed by atoms with Crippen molar-refractivity contribution in [3.8, 4) is 11.4 Å². The minimum absolute atomic E-state index is 0.157. The summed E-state index contributed by atoms with van der Waals surface area (Å²) in [6.45, 7) is 0.355. The minimum atomic E-state index is -0.827. The molecule has 17 heavy (non-hydrogen) atoms. The Labute approximate surface area is 97.8 Å². The quantitative estimate of drug-likeness (QED) is 0.863. The van der Waals surface area contributed by atoms with Gasteiger partial charge < -0.3 is 9.84 Å². The second kappa shape index (κ2) is 4.25. The molecule has 0 unspecified atom stereocenters. The number of hydrogen-bond donors (Lipinski definition) is 1. The summed E-state index contributed by atoms with van der Waals surface area (Å²) in [5.41, 5.74) is 0.900. The van der Waals surface area contributed by atoms with Gasteiger partial charge >= 0.3 is 0 Å². The Bertz CT molecular complexity index is 499. The van der Waals surface area contributed by atoms with Gasteiger partial charge in [-0.2, -0.15) is 4.98 Å². The molecule has 88 valence electrons.